The molecule has 0 aliphatic carbocycles. The predicted molar refractivity (Wildman–Crippen MR) is 102 cm³/mol. The Balaban J connectivity index is 1.55. The highest BCUT2D eigenvalue weighted by molar-refractivity contribution is 5.87. The summed E-state index contributed by atoms with van der Waals surface area (Å²) in [7, 11) is 1.36. The van der Waals surface area contributed by atoms with E-state index >= 15 is 0 Å². The van der Waals surface area contributed by atoms with E-state index in [1.165, 1.54) is 13.4 Å². The average Bonchev–Trinajstić information content (AvgIpc) is 3.24. The van der Waals surface area contributed by atoms with E-state index in [0.717, 1.165) is 55.3 Å². The molecule has 1 unspecified atom stereocenters. The highest BCUT2D eigenvalue weighted by Crippen LogP contribution is 2.28. The van der Waals surface area contributed by atoms with Crippen molar-refractivity contribution in [1.82, 2.24) is 34.5 Å². The molecule has 0 saturated carbocycles. The Labute approximate surface area is 162 Å². The van der Waals surface area contributed by atoms with Crippen LogP contribution in [0.4, 0.5) is 5.82 Å². The molecule has 3 aromatic rings. The van der Waals surface area contributed by atoms with Crippen molar-refractivity contribution in [3.63, 3.8) is 0 Å². The summed E-state index contributed by atoms with van der Waals surface area (Å²) in [4.78, 5) is 27.1. The fraction of sp³-hybridized carbons (Fsp3) is 0.556. The molecular weight excluding hydrogens is 360 g/mol. The van der Waals surface area contributed by atoms with Crippen molar-refractivity contribution in [2.24, 2.45) is 5.92 Å². The number of ether oxygens (including phenoxy) is 1. The van der Waals surface area contributed by atoms with Crippen LogP contribution in [0.2, 0.25) is 0 Å². The first-order chi connectivity index (χ1) is 13.5. The van der Waals surface area contributed by atoms with Gasteiger partial charge in [-0.15, -0.1) is 0 Å². The number of fused-ring (bicyclic) bond motifs is 1. The second-order valence-electron chi connectivity index (χ2n) is 7.16. The summed E-state index contributed by atoms with van der Waals surface area (Å²) in [6.45, 7) is 6.60. The smallest absolute Gasteiger partial charge is 0.327 e. The Morgan fingerprint density at radius 3 is 2.89 bits per heavy atom. The van der Waals surface area contributed by atoms with Gasteiger partial charge in [0.2, 0.25) is 0 Å². The quantitative estimate of drug-likeness (QED) is 0.603. The Bertz CT molecular complexity index is 995. The molecule has 1 atom stereocenters. The molecule has 4 rings (SSSR count). The zero-order valence-corrected chi connectivity index (χ0v) is 16.4. The van der Waals surface area contributed by atoms with Gasteiger partial charge in [-0.2, -0.15) is 10.2 Å². The van der Waals surface area contributed by atoms with Gasteiger partial charge in [0.1, 0.15) is 30.3 Å². The summed E-state index contributed by atoms with van der Waals surface area (Å²) >= 11 is 0. The number of carbonyl (C=O) groups is 1. The van der Waals surface area contributed by atoms with Gasteiger partial charge in [0.15, 0.2) is 5.65 Å². The molecule has 1 aliphatic rings. The zero-order valence-electron chi connectivity index (χ0n) is 16.4. The average molecular weight is 384 g/mol. The van der Waals surface area contributed by atoms with Crippen LogP contribution in [-0.2, 0) is 22.6 Å². The lowest BCUT2D eigenvalue weighted by Crippen LogP contribution is -2.38. The molecule has 0 amide bonds. The molecule has 0 spiro atoms. The van der Waals surface area contributed by atoms with E-state index in [2.05, 4.69) is 30.0 Å². The van der Waals surface area contributed by atoms with Gasteiger partial charge < -0.3 is 9.64 Å². The van der Waals surface area contributed by atoms with Crippen molar-refractivity contribution in [2.75, 3.05) is 25.1 Å². The maximum absolute atomic E-state index is 11.6. The van der Waals surface area contributed by atoms with Crippen molar-refractivity contribution < 1.29 is 9.53 Å². The van der Waals surface area contributed by atoms with Crippen LogP contribution in [0.15, 0.2) is 12.5 Å². The van der Waals surface area contributed by atoms with Gasteiger partial charge in [0.25, 0.3) is 0 Å². The molecule has 0 N–H and O–H groups in total. The van der Waals surface area contributed by atoms with Gasteiger partial charge in [-0.1, -0.05) is 0 Å². The molecule has 1 aliphatic heterocycles. The van der Waals surface area contributed by atoms with E-state index in [0.29, 0.717) is 11.6 Å². The lowest BCUT2D eigenvalue weighted by Gasteiger charge is -2.33. The van der Waals surface area contributed by atoms with E-state index in [-0.39, 0.29) is 12.5 Å². The summed E-state index contributed by atoms with van der Waals surface area (Å²) < 4.78 is 8.28. The molecule has 4 heterocycles. The van der Waals surface area contributed by atoms with Gasteiger partial charge in [-0.25, -0.2) is 24.3 Å². The van der Waals surface area contributed by atoms with E-state index in [9.17, 15) is 4.79 Å². The van der Waals surface area contributed by atoms with Gasteiger partial charge in [-0.3, -0.25) is 4.79 Å². The lowest BCUT2D eigenvalue weighted by atomic mass is 9.98. The third-order valence-electron chi connectivity index (χ3n) is 5.13. The molecule has 0 radical (unpaired) electrons. The standard InChI is InChI=1S/C18H24N8O2/c1-12-22-13(2)25(23-12)9-14-5-4-6-24(8-14)17-15-7-21-26(10-16(27)28-3)18(15)20-11-19-17/h7,11,14H,4-6,8-10H2,1-3H3. The first-order valence-corrected chi connectivity index (χ1v) is 9.41. The number of nitrogens with zero attached hydrogens (tertiary/aromatic N) is 8. The SMILES string of the molecule is COC(=O)Cn1ncc2c(N3CCCC(Cn4nc(C)nc4C)C3)ncnc21. The number of esters is 1. The number of hydrogen-bond acceptors (Lipinski definition) is 8. The fourth-order valence-electron chi connectivity index (χ4n) is 3.82. The number of rotatable bonds is 5. The van der Waals surface area contributed by atoms with Crippen LogP contribution in [0.25, 0.3) is 11.0 Å². The summed E-state index contributed by atoms with van der Waals surface area (Å²) in [5, 5.41) is 9.65. The number of hydrogen-bond donors (Lipinski definition) is 0. The molecule has 0 aromatic carbocycles. The van der Waals surface area contributed by atoms with Crippen LogP contribution in [-0.4, -0.2) is 60.7 Å². The van der Waals surface area contributed by atoms with Crippen molar-refractivity contribution in [3.8, 4) is 0 Å². The molecule has 1 fully saturated rings. The molecule has 148 valence electrons. The van der Waals surface area contributed by atoms with E-state index in [1.807, 2.05) is 18.5 Å². The topological polar surface area (TPSA) is 104 Å². The lowest BCUT2D eigenvalue weighted by molar-refractivity contribution is -0.141. The van der Waals surface area contributed by atoms with Crippen LogP contribution in [0.3, 0.4) is 0 Å². The summed E-state index contributed by atoms with van der Waals surface area (Å²) in [6, 6.07) is 0. The van der Waals surface area contributed by atoms with E-state index < -0.39 is 0 Å². The molecule has 1 saturated heterocycles. The van der Waals surface area contributed by atoms with Gasteiger partial charge in [-0.05, 0) is 32.6 Å². The monoisotopic (exact) mass is 384 g/mol. The van der Waals surface area contributed by atoms with Crippen LogP contribution in [0, 0.1) is 19.8 Å². The molecule has 10 heteroatoms. The normalized spacial score (nSPS) is 17.2. The number of anilines is 1. The van der Waals surface area contributed by atoms with Crippen molar-refractivity contribution in [3.05, 3.63) is 24.2 Å². The van der Waals surface area contributed by atoms with Crippen LogP contribution >= 0.6 is 0 Å². The Hall–Kier alpha value is -3.04. The summed E-state index contributed by atoms with van der Waals surface area (Å²) in [6.07, 6.45) is 5.48. The first-order valence-electron chi connectivity index (χ1n) is 9.41. The maximum atomic E-state index is 11.6. The highest BCUT2D eigenvalue weighted by Gasteiger charge is 2.25. The molecule has 0 bridgehead atoms. The van der Waals surface area contributed by atoms with E-state index in [4.69, 9.17) is 4.74 Å². The second-order valence-corrected chi connectivity index (χ2v) is 7.16. The van der Waals surface area contributed by atoms with Gasteiger partial charge in [0.05, 0.1) is 18.7 Å². The number of carbonyl (C=O) groups excluding carboxylic acids is 1. The zero-order chi connectivity index (χ0) is 19.7. The molecule has 28 heavy (non-hydrogen) atoms. The summed E-state index contributed by atoms with van der Waals surface area (Å²) in [5.74, 6) is 2.71. The van der Waals surface area contributed by atoms with Gasteiger partial charge in [0, 0.05) is 19.6 Å². The van der Waals surface area contributed by atoms with Crippen molar-refractivity contribution >= 4 is 22.8 Å². The van der Waals surface area contributed by atoms with Crippen LogP contribution < -0.4 is 4.90 Å². The minimum atomic E-state index is -0.360. The minimum Gasteiger partial charge on any atom is -0.468 e. The van der Waals surface area contributed by atoms with Crippen molar-refractivity contribution in [2.45, 2.75) is 39.8 Å². The predicted octanol–water partition coefficient (Wildman–Crippen LogP) is 1.12. The summed E-state index contributed by atoms with van der Waals surface area (Å²) in [5.41, 5.74) is 0.639. The third kappa shape index (κ3) is 3.54. The molecule has 3 aromatic heterocycles. The number of aryl methyl sites for hydroxylation is 2. The fourth-order valence-corrected chi connectivity index (χ4v) is 3.82. The third-order valence-corrected chi connectivity index (χ3v) is 5.13. The van der Waals surface area contributed by atoms with Crippen molar-refractivity contribution in [1.29, 1.82) is 0 Å². The molecule has 10 nitrogen and oxygen atoms in total. The largest absolute Gasteiger partial charge is 0.468 e. The second kappa shape index (κ2) is 7.53. The molecular formula is C18H24N8O2. The highest BCUT2D eigenvalue weighted by atomic mass is 16.5. The van der Waals surface area contributed by atoms with Crippen LogP contribution in [0.1, 0.15) is 24.5 Å². The maximum Gasteiger partial charge on any atom is 0.327 e. The Morgan fingerprint density at radius 1 is 1.29 bits per heavy atom. The number of aromatic nitrogens is 7. The van der Waals surface area contributed by atoms with E-state index in [1.54, 1.807) is 10.9 Å². The minimum absolute atomic E-state index is 0.0318. The van der Waals surface area contributed by atoms with Crippen LogP contribution in [0.5, 0.6) is 0 Å². The first kappa shape index (κ1) is 18.3. The number of piperidine rings is 1. The Kier molecular flexibility index (Phi) is 4.93. The Morgan fingerprint density at radius 2 is 2.14 bits per heavy atom. The number of methoxy groups -OCH3 is 1. The van der Waals surface area contributed by atoms with Gasteiger partial charge >= 0.3 is 5.97 Å².